The molecule has 0 spiro atoms. The van der Waals surface area contributed by atoms with Crippen LogP contribution in [0.1, 0.15) is 55.4 Å². The van der Waals surface area contributed by atoms with Crippen LogP contribution in [0.25, 0.3) is 0 Å². The summed E-state index contributed by atoms with van der Waals surface area (Å²) in [5.74, 6) is 2.34. The average molecular weight is 344 g/mol. The van der Waals surface area contributed by atoms with Crippen LogP contribution in [-0.4, -0.2) is 55.5 Å². The van der Waals surface area contributed by atoms with Gasteiger partial charge in [-0.25, -0.2) is 4.98 Å². The number of morpholine rings is 1. The summed E-state index contributed by atoms with van der Waals surface area (Å²) in [7, 11) is 1.90. The number of nitrogens with one attached hydrogen (secondary N) is 1. The number of aryl methyl sites for hydroxylation is 1. The Balaban J connectivity index is 1.40. The lowest BCUT2D eigenvalue weighted by Crippen LogP contribution is -2.43. The van der Waals surface area contributed by atoms with Gasteiger partial charge in [-0.15, -0.1) is 0 Å². The number of H-pyrrole nitrogens is 1. The molecule has 0 aromatic carbocycles. The van der Waals surface area contributed by atoms with Crippen molar-refractivity contribution in [3.8, 4) is 0 Å². The number of hydrogen-bond acceptors (Lipinski definition) is 5. The van der Waals surface area contributed by atoms with E-state index in [9.17, 15) is 4.79 Å². The fraction of sp³-hybridized carbons (Fsp3) is 0.647. The first-order valence-corrected chi connectivity index (χ1v) is 8.84. The Hall–Kier alpha value is -2.22. The number of hydrogen-bond donors (Lipinski definition) is 1. The molecule has 0 unspecified atom stereocenters. The first-order chi connectivity index (χ1) is 12.0. The lowest BCUT2D eigenvalue weighted by Gasteiger charge is -2.32. The number of aromatic nitrogens is 5. The number of nitrogens with zero attached hydrogens (tertiary/aromatic N) is 5. The number of carbonyl (C=O) groups excluding carboxylic acids is 1. The minimum absolute atomic E-state index is 0.0731. The highest BCUT2D eigenvalue weighted by Crippen LogP contribution is 2.48. The first kappa shape index (κ1) is 16.3. The maximum Gasteiger partial charge on any atom is 0.226 e. The minimum Gasteiger partial charge on any atom is -0.367 e. The largest absolute Gasteiger partial charge is 0.367 e. The molecule has 1 saturated heterocycles. The zero-order valence-electron chi connectivity index (χ0n) is 14.8. The van der Waals surface area contributed by atoms with Crippen molar-refractivity contribution in [1.82, 2.24) is 29.9 Å². The summed E-state index contributed by atoms with van der Waals surface area (Å²) in [5, 5.41) is 11.4. The van der Waals surface area contributed by atoms with Crippen LogP contribution in [0.4, 0.5) is 0 Å². The fourth-order valence-corrected chi connectivity index (χ4v) is 3.41. The summed E-state index contributed by atoms with van der Waals surface area (Å²) < 4.78 is 7.60. The molecule has 1 saturated carbocycles. The summed E-state index contributed by atoms with van der Waals surface area (Å²) >= 11 is 0. The van der Waals surface area contributed by atoms with Gasteiger partial charge in [-0.05, 0) is 17.9 Å². The van der Waals surface area contributed by atoms with E-state index >= 15 is 0 Å². The molecule has 25 heavy (non-hydrogen) atoms. The molecule has 2 fully saturated rings. The molecule has 2 aromatic rings. The minimum atomic E-state index is -0.228. The molecule has 8 heteroatoms. The Kier molecular flexibility index (Phi) is 4.07. The van der Waals surface area contributed by atoms with E-state index in [0.717, 1.165) is 17.8 Å². The second-order valence-electron chi connectivity index (χ2n) is 7.27. The van der Waals surface area contributed by atoms with Gasteiger partial charge in [-0.2, -0.15) is 10.2 Å². The van der Waals surface area contributed by atoms with Crippen molar-refractivity contribution in [2.75, 3.05) is 19.7 Å². The summed E-state index contributed by atoms with van der Waals surface area (Å²) in [5.41, 5.74) is 1.16. The fourth-order valence-electron chi connectivity index (χ4n) is 3.41. The topological polar surface area (TPSA) is 88.9 Å². The summed E-state index contributed by atoms with van der Waals surface area (Å²) in [6.07, 6.45) is 4.55. The number of ether oxygens (including phenoxy) is 1. The monoisotopic (exact) mass is 344 g/mol. The van der Waals surface area contributed by atoms with Crippen LogP contribution in [0.15, 0.2) is 12.4 Å². The normalized spacial score (nSPS) is 26.2. The molecule has 134 valence electrons. The van der Waals surface area contributed by atoms with Crippen LogP contribution in [0.2, 0.25) is 0 Å². The van der Waals surface area contributed by atoms with Crippen LogP contribution >= 0.6 is 0 Å². The van der Waals surface area contributed by atoms with E-state index in [4.69, 9.17) is 4.74 Å². The van der Waals surface area contributed by atoms with Gasteiger partial charge in [0.25, 0.3) is 0 Å². The van der Waals surface area contributed by atoms with E-state index in [2.05, 4.69) is 34.1 Å². The molecular weight excluding hydrogens is 320 g/mol. The molecule has 8 nitrogen and oxygen atoms in total. The maximum absolute atomic E-state index is 12.8. The zero-order chi connectivity index (χ0) is 17.6. The Bertz CT molecular complexity index is 767. The maximum atomic E-state index is 12.8. The average Bonchev–Trinajstić information content (AvgIpc) is 3.03. The predicted octanol–water partition coefficient (Wildman–Crippen LogP) is 1.37. The smallest absolute Gasteiger partial charge is 0.226 e. The first-order valence-electron chi connectivity index (χ1n) is 8.84. The van der Waals surface area contributed by atoms with E-state index in [1.807, 2.05) is 24.3 Å². The van der Waals surface area contributed by atoms with Gasteiger partial charge >= 0.3 is 0 Å². The van der Waals surface area contributed by atoms with Crippen molar-refractivity contribution in [2.45, 2.75) is 38.2 Å². The molecule has 1 N–H and O–H groups in total. The summed E-state index contributed by atoms with van der Waals surface area (Å²) in [6, 6.07) is 0. The standard InChI is InChI=1S/C17H24N6O2/c1-10(2)15-19-16(21-20-15)14-9-23(4-5-25-14)17(24)13-6-12(13)11-7-18-22(3)8-11/h7-8,10,12-14H,4-6,9H2,1-3H3,(H,19,20,21)/t12-,13-,14+/m1/s1. The van der Waals surface area contributed by atoms with Crippen molar-refractivity contribution in [2.24, 2.45) is 13.0 Å². The zero-order valence-corrected chi connectivity index (χ0v) is 14.8. The second kappa shape index (κ2) is 6.25. The molecule has 2 aliphatic rings. The Labute approximate surface area is 146 Å². The molecule has 1 amide bonds. The molecule has 0 radical (unpaired) electrons. The van der Waals surface area contributed by atoms with E-state index < -0.39 is 0 Å². The number of amides is 1. The number of rotatable bonds is 4. The van der Waals surface area contributed by atoms with Crippen molar-refractivity contribution in [3.63, 3.8) is 0 Å². The molecule has 0 bridgehead atoms. The Morgan fingerprint density at radius 1 is 1.44 bits per heavy atom. The molecule has 3 atom stereocenters. The Morgan fingerprint density at radius 2 is 2.28 bits per heavy atom. The van der Waals surface area contributed by atoms with Gasteiger partial charge in [0.1, 0.15) is 6.10 Å². The Morgan fingerprint density at radius 3 is 2.96 bits per heavy atom. The van der Waals surface area contributed by atoms with Crippen molar-refractivity contribution >= 4 is 5.91 Å². The molecule has 1 aliphatic heterocycles. The van der Waals surface area contributed by atoms with Gasteiger partial charge in [0.05, 0.1) is 19.3 Å². The third-order valence-corrected chi connectivity index (χ3v) is 4.98. The van der Waals surface area contributed by atoms with Crippen LogP contribution in [0, 0.1) is 5.92 Å². The van der Waals surface area contributed by atoms with Crippen LogP contribution in [0.3, 0.4) is 0 Å². The van der Waals surface area contributed by atoms with Crippen LogP contribution < -0.4 is 0 Å². The van der Waals surface area contributed by atoms with Crippen molar-refractivity contribution in [1.29, 1.82) is 0 Å². The van der Waals surface area contributed by atoms with E-state index in [0.29, 0.717) is 31.4 Å². The lowest BCUT2D eigenvalue weighted by molar-refractivity contribution is -0.140. The van der Waals surface area contributed by atoms with Gasteiger partial charge < -0.3 is 9.64 Å². The van der Waals surface area contributed by atoms with Crippen LogP contribution in [-0.2, 0) is 16.6 Å². The van der Waals surface area contributed by atoms with Gasteiger partial charge in [0.2, 0.25) is 5.91 Å². The highest BCUT2D eigenvalue weighted by atomic mass is 16.5. The number of carbonyl (C=O) groups is 1. The lowest BCUT2D eigenvalue weighted by atomic mass is 10.1. The highest BCUT2D eigenvalue weighted by Gasteiger charge is 2.47. The van der Waals surface area contributed by atoms with Crippen molar-refractivity contribution < 1.29 is 9.53 Å². The van der Waals surface area contributed by atoms with Gasteiger partial charge in [-0.1, -0.05) is 13.8 Å². The molecular formula is C17H24N6O2. The third kappa shape index (κ3) is 3.18. The predicted molar refractivity (Wildman–Crippen MR) is 89.8 cm³/mol. The quantitative estimate of drug-likeness (QED) is 0.905. The van der Waals surface area contributed by atoms with Crippen molar-refractivity contribution in [3.05, 3.63) is 29.6 Å². The summed E-state index contributed by atoms with van der Waals surface area (Å²) in [4.78, 5) is 19.3. The molecule has 2 aromatic heterocycles. The van der Waals surface area contributed by atoms with Gasteiger partial charge in [-0.3, -0.25) is 14.6 Å². The van der Waals surface area contributed by atoms with Crippen LogP contribution in [0.5, 0.6) is 0 Å². The third-order valence-electron chi connectivity index (χ3n) is 4.98. The van der Waals surface area contributed by atoms with Gasteiger partial charge in [0.15, 0.2) is 11.6 Å². The number of aromatic amines is 1. The summed E-state index contributed by atoms with van der Waals surface area (Å²) in [6.45, 7) is 5.79. The molecule has 3 heterocycles. The van der Waals surface area contributed by atoms with E-state index in [-0.39, 0.29) is 23.8 Å². The molecule has 1 aliphatic carbocycles. The SMILES string of the molecule is CC(C)c1n[nH]c([C@@H]2CN(C(=O)[C@@H]3C[C@@H]3c3cnn(C)c3)CCO2)n1. The van der Waals surface area contributed by atoms with E-state index in [1.54, 1.807) is 4.68 Å². The van der Waals surface area contributed by atoms with E-state index in [1.165, 1.54) is 0 Å². The van der Waals surface area contributed by atoms with Gasteiger partial charge in [0, 0.05) is 31.6 Å². The highest BCUT2D eigenvalue weighted by molar-refractivity contribution is 5.83. The molecule has 4 rings (SSSR count). The second-order valence-corrected chi connectivity index (χ2v) is 7.27.